The maximum absolute atomic E-state index is 12.7. The minimum absolute atomic E-state index is 0.281. The molecule has 0 unspecified atom stereocenters. The van der Waals surface area contributed by atoms with Gasteiger partial charge in [-0.2, -0.15) is 0 Å². The second kappa shape index (κ2) is 8.06. The van der Waals surface area contributed by atoms with Crippen molar-refractivity contribution in [2.45, 2.75) is 13.3 Å². The number of imide groups is 1. The molecule has 1 heterocycles. The zero-order valence-corrected chi connectivity index (χ0v) is 15.3. The molecule has 1 fully saturated rings. The first-order chi connectivity index (χ1) is 12.6. The Morgan fingerprint density at radius 3 is 2.38 bits per heavy atom. The van der Waals surface area contributed by atoms with E-state index in [4.69, 9.17) is 4.74 Å². The Hall–Kier alpha value is -2.79. The number of rotatable bonds is 6. The molecule has 1 aliphatic heterocycles. The molecular formula is C21H19NO3S. The number of ether oxygens (including phenoxy) is 1. The van der Waals surface area contributed by atoms with Gasteiger partial charge in [0.1, 0.15) is 12.4 Å². The molecule has 0 aliphatic carbocycles. The fourth-order valence-corrected chi connectivity index (χ4v) is 3.38. The summed E-state index contributed by atoms with van der Waals surface area (Å²) in [6.07, 6.45) is 4.31. The minimum atomic E-state index is -0.295. The topological polar surface area (TPSA) is 46.6 Å². The molecule has 2 aromatic rings. The van der Waals surface area contributed by atoms with Gasteiger partial charge in [-0.25, -0.2) is 4.90 Å². The van der Waals surface area contributed by atoms with E-state index in [1.54, 1.807) is 12.2 Å². The van der Waals surface area contributed by atoms with E-state index in [-0.39, 0.29) is 11.1 Å². The van der Waals surface area contributed by atoms with Crippen LogP contribution in [0.2, 0.25) is 0 Å². The van der Waals surface area contributed by atoms with Gasteiger partial charge in [0.15, 0.2) is 0 Å². The van der Waals surface area contributed by atoms with Crippen molar-refractivity contribution in [3.8, 4) is 5.75 Å². The number of amides is 2. The van der Waals surface area contributed by atoms with Gasteiger partial charge in [0.2, 0.25) is 0 Å². The van der Waals surface area contributed by atoms with Crippen molar-refractivity contribution in [1.29, 1.82) is 0 Å². The first-order valence-corrected chi connectivity index (χ1v) is 9.14. The van der Waals surface area contributed by atoms with Gasteiger partial charge in [0.25, 0.3) is 11.1 Å². The van der Waals surface area contributed by atoms with Crippen LogP contribution in [0.1, 0.15) is 18.1 Å². The van der Waals surface area contributed by atoms with Gasteiger partial charge in [-0.1, -0.05) is 43.8 Å². The molecule has 3 rings (SSSR count). The summed E-state index contributed by atoms with van der Waals surface area (Å²) in [6, 6.07) is 14.8. The molecule has 1 aliphatic rings. The van der Waals surface area contributed by atoms with Gasteiger partial charge in [-0.3, -0.25) is 9.59 Å². The van der Waals surface area contributed by atoms with E-state index in [1.807, 2.05) is 48.5 Å². The van der Waals surface area contributed by atoms with Gasteiger partial charge in [0.05, 0.1) is 10.6 Å². The molecule has 0 bridgehead atoms. The van der Waals surface area contributed by atoms with Crippen LogP contribution in [-0.4, -0.2) is 17.8 Å². The van der Waals surface area contributed by atoms with E-state index in [0.717, 1.165) is 35.1 Å². The number of anilines is 1. The molecule has 0 spiro atoms. The first kappa shape index (κ1) is 18.0. The monoisotopic (exact) mass is 365 g/mol. The average molecular weight is 365 g/mol. The molecule has 0 saturated carbocycles. The van der Waals surface area contributed by atoms with Crippen molar-refractivity contribution < 1.29 is 14.3 Å². The maximum atomic E-state index is 12.7. The van der Waals surface area contributed by atoms with Crippen LogP contribution in [-0.2, 0) is 11.2 Å². The number of aryl methyl sites for hydroxylation is 1. The lowest BCUT2D eigenvalue weighted by molar-refractivity contribution is -0.113. The Labute approximate surface area is 157 Å². The third-order valence-electron chi connectivity index (χ3n) is 3.94. The quantitative estimate of drug-likeness (QED) is 0.530. The normalized spacial score (nSPS) is 15.6. The lowest BCUT2D eigenvalue weighted by Crippen LogP contribution is -2.27. The minimum Gasteiger partial charge on any atom is -0.490 e. The van der Waals surface area contributed by atoms with Crippen LogP contribution >= 0.6 is 11.8 Å². The lowest BCUT2D eigenvalue weighted by Gasteiger charge is -2.12. The Morgan fingerprint density at radius 2 is 1.77 bits per heavy atom. The fraction of sp³-hybridized carbons (Fsp3) is 0.143. The van der Waals surface area contributed by atoms with Crippen molar-refractivity contribution in [2.24, 2.45) is 0 Å². The Kier molecular flexibility index (Phi) is 5.58. The molecular weight excluding hydrogens is 346 g/mol. The van der Waals surface area contributed by atoms with Crippen molar-refractivity contribution in [1.82, 2.24) is 0 Å². The van der Waals surface area contributed by atoms with Crippen molar-refractivity contribution in [3.05, 3.63) is 77.2 Å². The zero-order valence-electron chi connectivity index (χ0n) is 14.5. The van der Waals surface area contributed by atoms with Crippen LogP contribution < -0.4 is 9.64 Å². The van der Waals surface area contributed by atoms with E-state index in [2.05, 4.69) is 13.5 Å². The van der Waals surface area contributed by atoms with Crippen LogP contribution in [0, 0.1) is 0 Å². The summed E-state index contributed by atoms with van der Waals surface area (Å²) in [6.45, 7) is 6.11. The number of carbonyl (C=O) groups excluding carboxylic acids is 2. The lowest BCUT2D eigenvalue weighted by atomic mass is 10.1. The number of hydrogen-bond acceptors (Lipinski definition) is 4. The van der Waals surface area contributed by atoms with E-state index >= 15 is 0 Å². The van der Waals surface area contributed by atoms with Crippen molar-refractivity contribution in [3.63, 3.8) is 0 Å². The van der Waals surface area contributed by atoms with Gasteiger partial charge in [-0.05, 0) is 59.7 Å². The molecule has 2 amide bonds. The van der Waals surface area contributed by atoms with Crippen LogP contribution in [0.25, 0.3) is 6.08 Å². The van der Waals surface area contributed by atoms with Gasteiger partial charge in [0, 0.05) is 0 Å². The van der Waals surface area contributed by atoms with Crippen molar-refractivity contribution in [2.75, 3.05) is 11.5 Å². The smallest absolute Gasteiger partial charge is 0.298 e. The predicted octanol–water partition coefficient (Wildman–Crippen LogP) is 5.05. The number of nitrogens with zero attached hydrogens (tertiary/aromatic N) is 1. The Morgan fingerprint density at radius 1 is 1.08 bits per heavy atom. The average Bonchev–Trinajstić information content (AvgIpc) is 2.94. The fourth-order valence-electron chi connectivity index (χ4n) is 2.54. The summed E-state index contributed by atoms with van der Waals surface area (Å²) in [7, 11) is 0. The van der Waals surface area contributed by atoms with Crippen molar-refractivity contribution >= 4 is 34.7 Å². The number of benzene rings is 2. The molecule has 0 aromatic heterocycles. The van der Waals surface area contributed by atoms with Crippen LogP contribution in [0.4, 0.5) is 10.5 Å². The summed E-state index contributed by atoms with van der Waals surface area (Å²) in [5.41, 5.74) is 2.60. The summed E-state index contributed by atoms with van der Waals surface area (Å²) < 4.78 is 5.44. The summed E-state index contributed by atoms with van der Waals surface area (Å²) >= 11 is 0.954. The van der Waals surface area contributed by atoms with Gasteiger partial charge < -0.3 is 4.74 Å². The Bertz CT molecular complexity index is 854. The number of carbonyl (C=O) groups is 2. The summed E-state index contributed by atoms with van der Waals surface area (Å²) in [4.78, 5) is 26.6. The van der Waals surface area contributed by atoms with Gasteiger partial charge in [-0.15, -0.1) is 0 Å². The maximum Gasteiger partial charge on any atom is 0.298 e. The highest BCUT2D eigenvalue weighted by molar-refractivity contribution is 8.19. The van der Waals surface area contributed by atoms with Crippen LogP contribution in [0.5, 0.6) is 5.75 Å². The standard InChI is InChI=1S/C21H19NO3S/c1-3-13-25-18-11-7-16(8-12-18)14-19-20(23)22(21(24)26-19)17-9-5-15(4-2)6-10-17/h3,5-12,14H,1,4,13H2,2H3/b19-14-. The van der Waals surface area contributed by atoms with Gasteiger partial charge >= 0.3 is 0 Å². The summed E-state index contributed by atoms with van der Waals surface area (Å²) in [5.74, 6) is 0.433. The molecule has 4 nitrogen and oxygen atoms in total. The second-order valence-corrected chi connectivity index (χ2v) is 6.70. The molecule has 0 N–H and O–H groups in total. The largest absolute Gasteiger partial charge is 0.490 e. The third kappa shape index (κ3) is 3.89. The molecule has 0 atom stereocenters. The van der Waals surface area contributed by atoms with Crippen LogP contribution in [0.15, 0.2) is 66.1 Å². The van der Waals surface area contributed by atoms with E-state index < -0.39 is 0 Å². The first-order valence-electron chi connectivity index (χ1n) is 8.33. The van der Waals surface area contributed by atoms with E-state index in [9.17, 15) is 9.59 Å². The number of thioether (sulfide) groups is 1. The van der Waals surface area contributed by atoms with E-state index in [1.165, 1.54) is 4.90 Å². The molecule has 5 heteroatoms. The van der Waals surface area contributed by atoms with E-state index in [0.29, 0.717) is 17.2 Å². The zero-order chi connectivity index (χ0) is 18.5. The third-order valence-corrected chi connectivity index (χ3v) is 4.81. The highest BCUT2D eigenvalue weighted by Crippen LogP contribution is 2.35. The highest BCUT2D eigenvalue weighted by atomic mass is 32.2. The molecule has 2 aromatic carbocycles. The molecule has 26 heavy (non-hydrogen) atoms. The van der Waals surface area contributed by atoms with Crippen LogP contribution in [0.3, 0.4) is 0 Å². The predicted molar refractivity (Wildman–Crippen MR) is 106 cm³/mol. The molecule has 1 saturated heterocycles. The number of hydrogen-bond donors (Lipinski definition) is 0. The Balaban J connectivity index is 1.79. The SMILES string of the molecule is C=CCOc1ccc(/C=C2\SC(=O)N(c3ccc(CC)cc3)C2=O)cc1. The molecule has 132 valence electrons. The second-order valence-electron chi connectivity index (χ2n) is 5.71. The molecule has 0 radical (unpaired) electrons. The highest BCUT2D eigenvalue weighted by Gasteiger charge is 2.36. The summed E-state index contributed by atoms with van der Waals surface area (Å²) in [5, 5.41) is -0.281.